The van der Waals surface area contributed by atoms with Gasteiger partial charge in [-0.1, -0.05) is 24.3 Å². The molecule has 0 radical (unpaired) electrons. The predicted octanol–water partition coefficient (Wildman–Crippen LogP) is 2.79. The van der Waals surface area contributed by atoms with Gasteiger partial charge in [0.15, 0.2) is 6.61 Å². The van der Waals surface area contributed by atoms with Gasteiger partial charge >= 0.3 is 5.97 Å². The zero-order chi connectivity index (χ0) is 17.8. The van der Waals surface area contributed by atoms with E-state index in [0.29, 0.717) is 12.3 Å². The summed E-state index contributed by atoms with van der Waals surface area (Å²) in [6, 6.07) is 14.1. The number of rotatable bonds is 5. The molecule has 0 spiro atoms. The first-order valence-electron chi connectivity index (χ1n) is 8.37. The monoisotopic (exact) mass is 341 g/mol. The van der Waals surface area contributed by atoms with E-state index < -0.39 is 5.97 Å². The van der Waals surface area contributed by atoms with Crippen molar-refractivity contribution in [3.8, 4) is 11.5 Å². The van der Waals surface area contributed by atoms with Crippen molar-refractivity contribution in [2.24, 2.45) is 5.73 Å². The summed E-state index contributed by atoms with van der Waals surface area (Å²) in [4.78, 5) is 11.3. The summed E-state index contributed by atoms with van der Waals surface area (Å²) in [6.45, 7) is 2.39. The van der Waals surface area contributed by atoms with E-state index in [1.807, 2.05) is 37.3 Å². The van der Waals surface area contributed by atoms with Crippen LogP contribution in [0.3, 0.4) is 0 Å². The van der Waals surface area contributed by atoms with Crippen LogP contribution in [0, 0.1) is 6.92 Å². The standard InChI is InChI=1S/C20H23NO4/c1-13-7-14(9-15(8-13)24-12-20(22)23-2)18-10-16(11-21)25-19-6-4-3-5-17(18)19/h3-9,16,18H,10-12,21H2,1-2H3. The summed E-state index contributed by atoms with van der Waals surface area (Å²) < 4.78 is 16.2. The number of fused-ring (bicyclic) bond motifs is 1. The summed E-state index contributed by atoms with van der Waals surface area (Å²) in [6.07, 6.45) is 0.799. The van der Waals surface area contributed by atoms with Crippen molar-refractivity contribution in [3.05, 3.63) is 59.2 Å². The molecule has 0 fully saturated rings. The highest BCUT2D eigenvalue weighted by Gasteiger charge is 2.28. The van der Waals surface area contributed by atoms with Crippen molar-refractivity contribution in [1.29, 1.82) is 0 Å². The Morgan fingerprint density at radius 3 is 2.84 bits per heavy atom. The molecule has 0 aliphatic carbocycles. The molecule has 5 nitrogen and oxygen atoms in total. The second-order valence-electron chi connectivity index (χ2n) is 6.25. The number of esters is 1. The Labute approximate surface area is 147 Å². The number of para-hydroxylation sites is 1. The van der Waals surface area contributed by atoms with E-state index >= 15 is 0 Å². The molecule has 2 aromatic rings. The maximum Gasteiger partial charge on any atom is 0.343 e. The average molecular weight is 341 g/mol. The fourth-order valence-corrected chi connectivity index (χ4v) is 3.22. The molecule has 2 aromatic carbocycles. The average Bonchev–Trinajstić information content (AvgIpc) is 2.64. The van der Waals surface area contributed by atoms with Gasteiger partial charge in [-0.2, -0.15) is 0 Å². The lowest BCUT2D eigenvalue weighted by atomic mass is 9.83. The van der Waals surface area contributed by atoms with Gasteiger partial charge in [0.05, 0.1) is 7.11 Å². The Hall–Kier alpha value is -2.53. The van der Waals surface area contributed by atoms with E-state index in [0.717, 1.165) is 28.9 Å². The minimum atomic E-state index is -0.400. The van der Waals surface area contributed by atoms with Crippen LogP contribution in [0.4, 0.5) is 0 Å². The number of aryl methyl sites for hydroxylation is 1. The van der Waals surface area contributed by atoms with Crippen LogP contribution in [0.2, 0.25) is 0 Å². The molecule has 3 rings (SSSR count). The fraction of sp³-hybridized carbons (Fsp3) is 0.350. The zero-order valence-electron chi connectivity index (χ0n) is 14.5. The van der Waals surface area contributed by atoms with E-state index in [9.17, 15) is 4.79 Å². The Morgan fingerprint density at radius 2 is 2.08 bits per heavy atom. The van der Waals surface area contributed by atoms with Gasteiger partial charge in [0.25, 0.3) is 0 Å². The van der Waals surface area contributed by atoms with Crippen LogP contribution in [-0.4, -0.2) is 32.3 Å². The quantitative estimate of drug-likeness (QED) is 0.847. The lowest BCUT2D eigenvalue weighted by molar-refractivity contribution is -0.142. The normalized spacial score (nSPS) is 18.8. The third-order valence-electron chi connectivity index (χ3n) is 4.41. The molecule has 1 aliphatic heterocycles. The van der Waals surface area contributed by atoms with Gasteiger partial charge in [0, 0.05) is 18.0 Å². The summed E-state index contributed by atoms with van der Waals surface area (Å²) in [5.41, 5.74) is 9.21. The number of hydrogen-bond acceptors (Lipinski definition) is 5. The molecule has 2 N–H and O–H groups in total. The number of carbonyl (C=O) groups excluding carboxylic acids is 1. The maximum atomic E-state index is 11.3. The van der Waals surface area contributed by atoms with E-state index in [1.165, 1.54) is 7.11 Å². The highest BCUT2D eigenvalue weighted by molar-refractivity contribution is 5.70. The lowest BCUT2D eigenvalue weighted by Gasteiger charge is -2.32. The van der Waals surface area contributed by atoms with Crippen LogP contribution in [0.5, 0.6) is 11.5 Å². The van der Waals surface area contributed by atoms with Gasteiger partial charge in [0.1, 0.15) is 17.6 Å². The molecule has 132 valence electrons. The molecular weight excluding hydrogens is 318 g/mol. The van der Waals surface area contributed by atoms with Crippen LogP contribution in [-0.2, 0) is 9.53 Å². The van der Waals surface area contributed by atoms with Crippen molar-refractivity contribution in [3.63, 3.8) is 0 Å². The van der Waals surface area contributed by atoms with Gasteiger partial charge in [-0.15, -0.1) is 0 Å². The van der Waals surface area contributed by atoms with Crippen molar-refractivity contribution in [2.75, 3.05) is 20.3 Å². The molecule has 1 heterocycles. The molecule has 0 aromatic heterocycles. The van der Waals surface area contributed by atoms with Crippen molar-refractivity contribution in [1.82, 2.24) is 0 Å². The number of hydrogen-bond donors (Lipinski definition) is 1. The van der Waals surface area contributed by atoms with Crippen molar-refractivity contribution >= 4 is 5.97 Å². The second-order valence-corrected chi connectivity index (χ2v) is 6.25. The van der Waals surface area contributed by atoms with Crippen molar-refractivity contribution < 1.29 is 19.0 Å². The summed E-state index contributed by atoms with van der Waals surface area (Å²) >= 11 is 0. The molecule has 0 bridgehead atoms. The smallest absolute Gasteiger partial charge is 0.343 e. The third kappa shape index (κ3) is 3.94. The molecule has 2 unspecified atom stereocenters. The molecular formula is C20H23NO4. The SMILES string of the molecule is COC(=O)COc1cc(C)cc(C2CC(CN)Oc3ccccc32)c1. The molecule has 2 atom stereocenters. The minimum absolute atomic E-state index is 0.0140. The van der Waals surface area contributed by atoms with Gasteiger partial charge in [0.2, 0.25) is 0 Å². The molecule has 1 aliphatic rings. The summed E-state index contributed by atoms with van der Waals surface area (Å²) in [5, 5.41) is 0. The lowest BCUT2D eigenvalue weighted by Crippen LogP contribution is -2.32. The first kappa shape index (κ1) is 17.3. The van der Waals surface area contributed by atoms with Gasteiger partial charge < -0.3 is 19.9 Å². The Kier molecular flexibility index (Phi) is 5.24. The van der Waals surface area contributed by atoms with Crippen LogP contribution in [0.15, 0.2) is 42.5 Å². The first-order valence-corrected chi connectivity index (χ1v) is 8.37. The number of benzene rings is 2. The van der Waals surface area contributed by atoms with E-state index in [1.54, 1.807) is 0 Å². The van der Waals surface area contributed by atoms with Crippen LogP contribution in [0.25, 0.3) is 0 Å². The zero-order valence-corrected chi connectivity index (χ0v) is 14.5. The number of nitrogens with two attached hydrogens (primary N) is 1. The van der Waals surface area contributed by atoms with Crippen LogP contribution >= 0.6 is 0 Å². The number of methoxy groups -OCH3 is 1. The fourth-order valence-electron chi connectivity index (χ4n) is 3.22. The Bertz CT molecular complexity index is 759. The third-order valence-corrected chi connectivity index (χ3v) is 4.41. The highest BCUT2D eigenvalue weighted by atomic mass is 16.6. The molecule has 0 saturated carbocycles. The van der Waals surface area contributed by atoms with Crippen molar-refractivity contribution in [2.45, 2.75) is 25.4 Å². The summed E-state index contributed by atoms with van der Waals surface area (Å²) in [7, 11) is 1.35. The largest absolute Gasteiger partial charge is 0.489 e. The van der Waals surface area contributed by atoms with Gasteiger partial charge in [-0.05, 0) is 42.7 Å². The van der Waals surface area contributed by atoms with E-state index in [-0.39, 0.29) is 18.6 Å². The molecule has 0 saturated heterocycles. The molecule has 25 heavy (non-hydrogen) atoms. The minimum Gasteiger partial charge on any atom is -0.489 e. The number of carbonyl (C=O) groups is 1. The van der Waals surface area contributed by atoms with Gasteiger partial charge in [-0.3, -0.25) is 0 Å². The van der Waals surface area contributed by atoms with Crippen LogP contribution in [0.1, 0.15) is 29.0 Å². The first-order chi connectivity index (χ1) is 12.1. The summed E-state index contributed by atoms with van der Waals surface area (Å²) in [5.74, 6) is 1.32. The van der Waals surface area contributed by atoms with Crippen LogP contribution < -0.4 is 15.2 Å². The van der Waals surface area contributed by atoms with E-state index in [2.05, 4.69) is 16.9 Å². The predicted molar refractivity (Wildman–Crippen MR) is 95.1 cm³/mol. The molecule has 0 amide bonds. The topological polar surface area (TPSA) is 70.8 Å². The highest BCUT2D eigenvalue weighted by Crippen LogP contribution is 2.41. The van der Waals surface area contributed by atoms with E-state index in [4.69, 9.17) is 15.2 Å². The maximum absolute atomic E-state index is 11.3. The molecule has 5 heteroatoms. The number of ether oxygens (including phenoxy) is 3. The van der Waals surface area contributed by atoms with Gasteiger partial charge in [-0.25, -0.2) is 4.79 Å². The second kappa shape index (κ2) is 7.57. The Morgan fingerprint density at radius 1 is 1.28 bits per heavy atom. The Balaban J connectivity index is 1.92.